The molecule has 2 rings (SSSR count). The first kappa shape index (κ1) is 14.2. The van der Waals surface area contributed by atoms with Crippen molar-refractivity contribution in [3.63, 3.8) is 0 Å². The number of rotatable bonds is 4. The van der Waals surface area contributed by atoms with Crippen molar-refractivity contribution in [3.8, 4) is 11.6 Å². The van der Waals surface area contributed by atoms with Gasteiger partial charge in [0, 0.05) is 0 Å². The van der Waals surface area contributed by atoms with Gasteiger partial charge in [0.25, 0.3) is 0 Å². The fourth-order valence-electron chi connectivity index (χ4n) is 2.05. The lowest BCUT2D eigenvalue weighted by molar-refractivity contribution is -0.138. The van der Waals surface area contributed by atoms with Gasteiger partial charge in [-0.1, -0.05) is 20.8 Å². The van der Waals surface area contributed by atoms with E-state index in [1.165, 1.54) is 4.68 Å². The van der Waals surface area contributed by atoms with Gasteiger partial charge in [-0.15, -0.1) is 5.10 Å². The van der Waals surface area contributed by atoms with Gasteiger partial charge >= 0.3 is 5.97 Å². The number of tetrazole rings is 1. The standard InChI is InChI=1S/C13H18N4O3/c1-8-5-6-9(20-8)12-14-15-16-17(12)10(7-11(18)19)13(2,3)4/h5-6,10H,7H2,1-4H3,(H,18,19). The zero-order chi connectivity index (χ0) is 14.9. The maximum absolute atomic E-state index is 11.1. The smallest absolute Gasteiger partial charge is 0.305 e. The Morgan fingerprint density at radius 1 is 1.45 bits per heavy atom. The maximum atomic E-state index is 11.1. The summed E-state index contributed by atoms with van der Waals surface area (Å²) in [5.41, 5.74) is -0.301. The van der Waals surface area contributed by atoms with Crippen LogP contribution in [0.3, 0.4) is 0 Å². The van der Waals surface area contributed by atoms with Gasteiger partial charge in [0.2, 0.25) is 5.82 Å². The summed E-state index contributed by atoms with van der Waals surface area (Å²) in [7, 11) is 0. The second kappa shape index (κ2) is 5.07. The van der Waals surface area contributed by atoms with Crippen molar-refractivity contribution < 1.29 is 14.3 Å². The Labute approximate surface area is 116 Å². The third kappa shape index (κ3) is 2.87. The maximum Gasteiger partial charge on any atom is 0.305 e. The van der Waals surface area contributed by atoms with Gasteiger partial charge in [-0.3, -0.25) is 4.79 Å². The molecule has 2 aromatic heterocycles. The number of nitrogens with zero attached hydrogens (tertiary/aromatic N) is 4. The molecule has 0 saturated heterocycles. The molecular formula is C13H18N4O3. The summed E-state index contributed by atoms with van der Waals surface area (Å²) < 4.78 is 7.06. The number of aryl methyl sites for hydroxylation is 1. The van der Waals surface area contributed by atoms with Crippen LogP contribution in [0.2, 0.25) is 0 Å². The summed E-state index contributed by atoms with van der Waals surface area (Å²) in [5.74, 6) is 0.841. The van der Waals surface area contributed by atoms with E-state index in [9.17, 15) is 4.79 Å². The van der Waals surface area contributed by atoms with Crippen molar-refractivity contribution in [1.29, 1.82) is 0 Å². The highest BCUT2D eigenvalue weighted by Gasteiger charge is 2.32. The average Bonchev–Trinajstić information content (AvgIpc) is 2.92. The molecule has 0 bridgehead atoms. The summed E-state index contributed by atoms with van der Waals surface area (Å²) in [6, 6.07) is 3.23. The summed E-state index contributed by atoms with van der Waals surface area (Å²) >= 11 is 0. The van der Waals surface area contributed by atoms with E-state index < -0.39 is 5.97 Å². The van der Waals surface area contributed by atoms with Crippen LogP contribution in [0.25, 0.3) is 11.6 Å². The van der Waals surface area contributed by atoms with Crippen LogP contribution in [0.1, 0.15) is 39.0 Å². The Kier molecular flexibility index (Phi) is 3.61. The van der Waals surface area contributed by atoms with E-state index in [-0.39, 0.29) is 17.9 Å². The zero-order valence-corrected chi connectivity index (χ0v) is 12.0. The molecule has 0 aliphatic carbocycles. The highest BCUT2D eigenvalue weighted by Crippen LogP contribution is 2.35. The fraction of sp³-hybridized carbons (Fsp3) is 0.538. The van der Waals surface area contributed by atoms with Crippen LogP contribution in [-0.4, -0.2) is 31.3 Å². The first-order valence-electron chi connectivity index (χ1n) is 6.35. The highest BCUT2D eigenvalue weighted by molar-refractivity contribution is 5.67. The minimum atomic E-state index is -0.887. The number of hydrogen-bond acceptors (Lipinski definition) is 5. The average molecular weight is 278 g/mol. The predicted molar refractivity (Wildman–Crippen MR) is 71.0 cm³/mol. The molecule has 0 aliphatic rings. The van der Waals surface area contributed by atoms with Gasteiger partial charge in [0.15, 0.2) is 5.76 Å². The molecule has 2 aromatic rings. The van der Waals surface area contributed by atoms with E-state index in [4.69, 9.17) is 9.52 Å². The van der Waals surface area contributed by atoms with E-state index >= 15 is 0 Å². The summed E-state index contributed by atoms with van der Waals surface area (Å²) in [5, 5.41) is 20.7. The second-order valence-corrected chi connectivity index (χ2v) is 5.84. The molecule has 20 heavy (non-hydrogen) atoms. The number of carbonyl (C=O) groups is 1. The molecular weight excluding hydrogens is 260 g/mol. The van der Waals surface area contributed by atoms with Gasteiger partial charge < -0.3 is 9.52 Å². The largest absolute Gasteiger partial charge is 0.481 e. The molecule has 2 heterocycles. The van der Waals surface area contributed by atoms with E-state index in [0.29, 0.717) is 11.6 Å². The fourth-order valence-corrected chi connectivity index (χ4v) is 2.05. The lowest BCUT2D eigenvalue weighted by Gasteiger charge is -2.29. The molecule has 108 valence electrons. The normalized spacial score (nSPS) is 13.4. The van der Waals surface area contributed by atoms with E-state index in [2.05, 4.69) is 15.5 Å². The molecule has 7 heteroatoms. The van der Waals surface area contributed by atoms with E-state index in [1.54, 1.807) is 6.07 Å². The van der Waals surface area contributed by atoms with Crippen molar-refractivity contribution in [3.05, 3.63) is 17.9 Å². The number of aliphatic carboxylic acids is 1. The zero-order valence-electron chi connectivity index (χ0n) is 12.0. The van der Waals surface area contributed by atoms with Gasteiger partial charge in [-0.2, -0.15) is 0 Å². The van der Waals surface area contributed by atoms with Crippen molar-refractivity contribution >= 4 is 5.97 Å². The van der Waals surface area contributed by atoms with Crippen molar-refractivity contribution in [2.24, 2.45) is 5.41 Å². The third-order valence-electron chi connectivity index (χ3n) is 3.12. The van der Waals surface area contributed by atoms with Gasteiger partial charge in [0.05, 0.1) is 12.5 Å². The lowest BCUT2D eigenvalue weighted by Crippen LogP contribution is -2.28. The minimum absolute atomic E-state index is 0.0543. The topological polar surface area (TPSA) is 94.0 Å². The summed E-state index contributed by atoms with van der Waals surface area (Å²) in [6.45, 7) is 7.70. The number of carboxylic acid groups (broad SMARTS) is 1. The first-order chi connectivity index (χ1) is 9.29. The number of hydrogen-bond donors (Lipinski definition) is 1. The Hall–Kier alpha value is -2.18. The quantitative estimate of drug-likeness (QED) is 0.922. The van der Waals surface area contributed by atoms with Crippen molar-refractivity contribution in [2.75, 3.05) is 0 Å². The molecule has 1 unspecified atom stereocenters. The second-order valence-electron chi connectivity index (χ2n) is 5.84. The molecule has 7 nitrogen and oxygen atoms in total. The Bertz CT molecular complexity index is 609. The van der Waals surface area contributed by atoms with Crippen LogP contribution in [0, 0.1) is 12.3 Å². The highest BCUT2D eigenvalue weighted by atomic mass is 16.4. The van der Waals surface area contributed by atoms with Gasteiger partial charge in [-0.25, -0.2) is 4.68 Å². The van der Waals surface area contributed by atoms with Crippen LogP contribution >= 0.6 is 0 Å². The lowest BCUT2D eigenvalue weighted by atomic mass is 9.85. The van der Waals surface area contributed by atoms with Crippen molar-refractivity contribution in [1.82, 2.24) is 20.2 Å². The molecule has 0 radical (unpaired) electrons. The number of aromatic nitrogens is 4. The van der Waals surface area contributed by atoms with Gasteiger partial charge in [-0.05, 0) is 34.9 Å². The Morgan fingerprint density at radius 2 is 2.15 bits per heavy atom. The number of carboxylic acids is 1. The number of furan rings is 1. The van der Waals surface area contributed by atoms with E-state index in [1.807, 2.05) is 33.8 Å². The van der Waals surface area contributed by atoms with Crippen molar-refractivity contribution in [2.45, 2.75) is 40.2 Å². The molecule has 1 N–H and O–H groups in total. The Morgan fingerprint density at radius 3 is 2.65 bits per heavy atom. The van der Waals surface area contributed by atoms with Crippen LogP contribution in [0.5, 0.6) is 0 Å². The monoisotopic (exact) mass is 278 g/mol. The molecule has 0 amide bonds. The molecule has 0 spiro atoms. The summed E-state index contributed by atoms with van der Waals surface area (Å²) in [6.07, 6.45) is -0.0543. The molecule has 0 aromatic carbocycles. The SMILES string of the molecule is Cc1ccc(-c2nnnn2C(CC(=O)O)C(C)(C)C)o1. The Balaban J connectivity index is 2.45. The molecule has 0 aliphatic heterocycles. The first-order valence-corrected chi connectivity index (χ1v) is 6.35. The third-order valence-corrected chi connectivity index (χ3v) is 3.12. The van der Waals surface area contributed by atoms with Crippen LogP contribution in [0.4, 0.5) is 0 Å². The molecule has 0 saturated carbocycles. The summed E-state index contributed by atoms with van der Waals surface area (Å²) in [4.78, 5) is 11.1. The van der Waals surface area contributed by atoms with E-state index in [0.717, 1.165) is 5.76 Å². The van der Waals surface area contributed by atoms with Crippen LogP contribution in [0.15, 0.2) is 16.5 Å². The molecule has 1 atom stereocenters. The molecule has 0 fully saturated rings. The van der Waals surface area contributed by atoms with Crippen LogP contribution in [-0.2, 0) is 4.79 Å². The van der Waals surface area contributed by atoms with Gasteiger partial charge in [0.1, 0.15) is 5.76 Å². The van der Waals surface area contributed by atoms with Crippen LogP contribution < -0.4 is 0 Å². The predicted octanol–water partition coefficient (Wildman–Crippen LogP) is 2.30. The minimum Gasteiger partial charge on any atom is -0.481 e.